The molecule has 1 saturated heterocycles. The molecule has 144 valence electrons. The van der Waals surface area contributed by atoms with E-state index in [-0.39, 0.29) is 11.8 Å². The molecule has 27 heavy (non-hydrogen) atoms. The lowest BCUT2D eigenvalue weighted by molar-refractivity contribution is -0.121. The fourth-order valence-electron chi connectivity index (χ4n) is 3.41. The Hall–Kier alpha value is -2.41. The molecule has 0 radical (unpaired) electrons. The highest BCUT2D eigenvalue weighted by atomic mass is 32.1. The lowest BCUT2D eigenvalue weighted by Crippen LogP contribution is -2.43. The van der Waals surface area contributed by atoms with Crippen LogP contribution in [0.4, 0.5) is 9.93 Å². The number of piperidine rings is 1. The van der Waals surface area contributed by atoms with Gasteiger partial charge in [0.05, 0.1) is 5.69 Å². The summed E-state index contributed by atoms with van der Waals surface area (Å²) in [7, 11) is 0. The lowest BCUT2D eigenvalue weighted by atomic mass is 9.96. The van der Waals surface area contributed by atoms with E-state index in [1.807, 2.05) is 6.92 Å². The molecule has 3 N–H and O–H groups in total. The number of hydrogen-bond acceptors (Lipinski definition) is 4. The van der Waals surface area contributed by atoms with Crippen molar-refractivity contribution in [1.29, 1.82) is 0 Å². The van der Waals surface area contributed by atoms with Gasteiger partial charge in [-0.25, -0.2) is 9.78 Å². The number of primary amides is 1. The maximum atomic E-state index is 12.5. The van der Waals surface area contributed by atoms with Crippen LogP contribution in [0.3, 0.4) is 0 Å². The number of nitrogens with zero attached hydrogens (tertiary/aromatic N) is 2. The average molecular weight is 387 g/mol. The first-order valence-corrected chi connectivity index (χ1v) is 10.2. The lowest BCUT2D eigenvalue weighted by Gasteiger charge is -2.29. The van der Waals surface area contributed by atoms with E-state index in [0.717, 1.165) is 29.0 Å². The van der Waals surface area contributed by atoms with Gasteiger partial charge in [-0.05, 0) is 31.7 Å². The molecule has 7 heteroatoms. The van der Waals surface area contributed by atoms with E-state index in [4.69, 9.17) is 5.73 Å². The molecule has 3 amide bonds. The minimum absolute atomic E-state index is 0.0299. The Morgan fingerprint density at radius 2 is 1.93 bits per heavy atom. The van der Waals surface area contributed by atoms with E-state index in [0.29, 0.717) is 31.1 Å². The summed E-state index contributed by atoms with van der Waals surface area (Å²) < 4.78 is 0. The van der Waals surface area contributed by atoms with Crippen LogP contribution in [0.1, 0.15) is 36.6 Å². The van der Waals surface area contributed by atoms with Gasteiger partial charge in [0.25, 0.3) is 0 Å². The number of likely N-dealkylation sites (tertiary alicyclic amines) is 1. The van der Waals surface area contributed by atoms with Gasteiger partial charge in [0, 0.05) is 29.4 Å². The Balaban J connectivity index is 1.64. The van der Waals surface area contributed by atoms with Crippen molar-refractivity contribution >= 4 is 28.4 Å². The molecular formula is C20H26N4O2S. The number of hydrogen-bond donors (Lipinski definition) is 2. The first-order valence-electron chi connectivity index (χ1n) is 9.40. The van der Waals surface area contributed by atoms with Crippen molar-refractivity contribution in [1.82, 2.24) is 9.88 Å². The van der Waals surface area contributed by atoms with Gasteiger partial charge in [0.15, 0.2) is 5.13 Å². The number of carbonyl (C=O) groups is 2. The number of aryl methyl sites for hydroxylation is 2. The predicted octanol–water partition coefficient (Wildman–Crippen LogP) is 3.80. The van der Waals surface area contributed by atoms with Crippen molar-refractivity contribution in [3.63, 3.8) is 0 Å². The van der Waals surface area contributed by atoms with Gasteiger partial charge in [0.1, 0.15) is 0 Å². The van der Waals surface area contributed by atoms with Crippen molar-refractivity contribution in [2.75, 3.05) is 18.4 Å². The molecule has 6 nitrogen and oxygen atoms in total. The highest BCUT2D eigenvalue weighted by molar-refractivity contribution is 7.16. The fraction of sp³-hybridized carbons (Fsp3) is 0.450. The molecule has 1 aromatic carbocycles. The third kappa shape index (κ3) is 4.66. The van der Waals surface area contributed by atoms with Crippen LogP contribution in [0.25, 0.3) is 11.3 Å². The van der Waals surface area contributed by atoms with Crippen molar-refractivity contribution in [2.45, 2.75) is 39.5 Å². The quantitative estimate of drug-likeness (QED) is 0.819. The zero-order chi connectivity index (χ0) is 19.4. The molecule has 0 bridgehead atoms. The number of urea groups is 1. The molecule has 1 aliphatic rings. The smallest absolute Gasteiger partial charge is 0.314 e. The number of nitrogens with one attached hydrogen (secondary N) is 1. The van der Waals surface area contributed by atoms with Crippen LogP contribution >= 0.6 is 11.3 Å². The van der Waals surface area contributed by atoms with Crippen LogP contribution in [0.2, 0.25) is 0 Å². The first-order chi connectivity index (χ1) is 13.0. The van der Waals surface area contributed by atoms with Crippen molar-refractivity contribution in [2.24, 2.45) is 11.7 Å². The van der Waals surface area contributed by atoms with Gasteiger partial charge in [-0.3, -0.25) is 4.79 Å². The van der Waals surface area contributed by atoms with Crippen LogP contribution < -0.4 is 11.1 Å². The van der Waals surface area contributed by atoms with E-state index in [1.165, 1.54) is 16.9 Å². The topological polar surface area (TPSA) is 88.3 Å². The molecule has 1 fully saturated rings. The highest BCUT2D eigenvalue weighted by Crippen LogP contribution is 2.31. The zero-order valence-corrected chi connectivity index (χ0v) is 16.6. The number of amides is 3. The van der Waals surface area contributed by atoms with Crippen molar-refractivity contribution in [3.05, 3.63) is 34.7 Å². The molecule has 2 aromatic rings. The van der Waals surface area contributed by atoms with E-state index in [1.54, 1.807) is 4.90 Å². The summed E-state index contributed by atoms with van der Waals surface area (Å²) in [4.78, 5) is 31.0. The minimum Gasteiger partial charge on any atom is -0.351 e. The second-order valence-electron chi connectivity index (χ2n) is 6.96. The summed E-state index contributed by atoms with van der Waals surface area (Å²) in [6.07, 6.45) is 3.46. The third-order valence-electron chi connectivity index (χ3n) is 4.97. The van der Waals surface area contributed by atoms with Crippen LogP contribution in [-0.4, -0.2) is 34.9 Å². The Labute approximate surface area is 163 Å². The molecule has 1 aromatic heterocycles. The van der Waals surface area contributed by atoms with Crippen molar-refractivity contribution < 1.29 is 9.59 Å². The third-order valence-corrected chi connectivity index (χ3v) is 5.86. The largest absolute Gasteiger partial charge is 0.351 e. The van der Waals surface area contributed by atoms with E-state index < -0.39 is 6.03 Å². The van der Waals surface area contributed by atoms with Crippen LogP contribution in [0.15, 0.2) is 24.3 Å². The summed E-state index contributed by atoms with van der Waals surface area (Å²) >= 11 is 1.49. The second-order valence-corrected chi connectivity index (χ2v) is 8.16. The summed E-state index contributed by atoms with van der Waals surface area (Å²) in [5, 5.41) is 3.58. The maximum absolute atomic E-state index is 12.5. The number of aromatic nitrogens is 1. The number of anilines is 1. The molecule has 3 rings (SSSR count). The summed E-state index contributed by atoms with van der Waals surface area (Å²) in [5.74, 6) is -0.140. The number of benzene rings is 1. The normalized spacial score (nSPS) is 15.0. The summed E-state index contributed by atoms with van der Waals surface area (Å²) in [5.41, 5.74) is 8.60. The van der Waals surface area contributed by atoms with Crippen LogP contribution in [-0.2, 0) is 11.2 Å². The molecule has 2 heterocycles. The molecule has 0 aliphatic carbocycles. The highest BCUT2D eigenvalue weighted by Gasteiger charge is 2.27. The predicted molar refractivity (Wildman–Crippen MR) is 109 cm³/mol. The number of nitrogens with two attached hydrogens (primary N) is 1. The summed E-state index contributed by atoms with van der Waals surface area (Å²) in [6.45, 7) is 5.25. The number of thiazole rings is 1. The van der Waals surface area contributed by atoms with Gasteiger partial charge < -0.3 is 16.0 Å². The van der Waals surface area contributed by atoms with Crippen molar-refractivity contribution in [3.8, 4) is 11.3 Å². The Morgan fingerprint density at radius 1 is 1.26 bits per heavy atom. The van der Waals surface area contributed by atoms with E-state index in [9.17, 15) is 9.59 Å². The Bertz CT molecular complexity index is 808. The second kappa shape index (κ2) is 8.52. The number of carbonyl (C=O) groups excluding carboxylic acids is 2. The zero-order valence-electron chi connectivity index (χ0n) is 15.8. The first kappa shape index (κ1) is 19.4. The van der Waals surface area contributed by atoms with Gasteiger partial charge in [-0.1, -0.05) is 37.6 Å². The SMILES string of the molecule is CCCc1ccc(-c2nc(NC(=O)C3CCN(C(N)=O)CC3)sc2C)cc1. The van der Waals surface area contributed by atoms with Gasteiger partial charge in [-0.15, -0.1) is 11.3 Å². The van der Waals surface area contributed by atoms with Crippen LogP contribution in [0, 0.1) is 12.8 Å². The van der Waals surface area contributed by atoms with E-state index >= 15 is 0 Å². The molecule has 1 aliphatic heterocycles. The molecule has 0 unspecified atom stereocenters. The molecular weight excluding hydrogens is 360 g/mol. The average Bonchev–Trinajstić information content (AvgIpc) is 3.02. The van der Waals surface area contributed by atoms with E-state index in [2.05, 4.69) is 41.5 Å². The monoisotopic (exact) mass is 386 g/mol. The van der Waals surface area contributed by atoms with Crippen LogP contribution in [0.5, 0.6) is 0 Å². The molecule has 0 atom stereocenters. The molecule has 0 spiro atoms. The van der Waals surface area contributed by atoms with Gasteiger partial charge in [0.2, 0.25) is 5.91 Å². The summed E-state index contributed by atoms with van der Waals surface area (Å²) in [6, 6.07) is 8.06. The minimum atomic E-state index is -0.418. The van der Waals surface area contributed by atoms with Gasteiger partial charge >= 0.3 is 6.03 Å². The Morgan fingerprint density at radius 3 is 2.52 bits per heavy atom. The standard InChI is InChI=1S/C20H26N4O2S/c1-3-4-14-5-7-15(8-6-14)17-13(2)27-20(22-17)23-18(25)16-9-11-24(12-10-16)19(21)26/h5-8,16H,3-4,9-12H2,1-2H3,(H2,21,26)(H,22,23,25). The molecule has 0 saturated carbocycles. The number of rotatable bonds is 5. The van der Waals surface area contributed by atoms with Gasteiger partial charge in [-0.2, -0.15) is 0 Å². The maximum Gasteiger partial charge on any atom is 0.314 e. The Kier molecular flexibility index (Phi) is 6.11. The fourth-order valence-corrected chi connectivity index (χ4v) is 4.24.